The number of nitrogens with zero attached hydrogens (tertiary/aromatic N) is 2. The summed E-state index contributed by atoms with van der Waals surface area (Å²) in [4.78, 5) is 0.519. The Hall–Kier alpha value is -0.380. The van der Waals surface area contributed by atoms with Crippen molar-refractivity contribution in [2.75, 3.05) is 0 Å². The highest BCUT2D eigenvalue weighted by molar-refractivity contribution is 9.10. The van der Waals surface area contributed by atoms with Crippen molar-refractivity contribution in [1.82, 2.24) is 10.2 Å². The third-order valence-electron chi connectivity index (χ3n) is 3.47. The van der Waals surface area contributed by atoms with Crippen LogP contribution in [0.25, 0.3) is 0 Å². The van der Waals surface area contributed by atoms with Crippen LogP contribution in [0.4, 0.5) is 0 Å². The van der Waals surface area contributed by atoms with Crippen molar-refractivity contribution in [2.24, 2.45) is 11.8 Å². The largest absolute Gasteiger partial charge is 0.415 e. The Kier molecular flexibility index (Phi) is 1.72. The van der Waals surface area contributed by atoms with Crippen LogP contribution in [0.2, 0.25) is 0 Å². The Balaban J connectivity index is 1.87. The molecule has 3 unspecified atom stereocenters. The van der Waals surface area contributed by atoms with Crippen LogP contribution in [0, 0.1) is 11.8 Å². The van der Waals surface area contributed by atoms with Gasteiger partial charge >= 0.3 is 0 Å². The van der Waals surface area contributed by atoms with E-state index < -0.39 is 0 Å². The van der Waals surface area contributed by atoms with Crippen LogP contribution in [0.15, 0.2) is 9.22 Å². The molecule has 0 aromatic carbocycles. The second kappa shape index (κ2) is 2.80. The molecule has 0 N–H and O–H groups in total. The molecule has 0 spiro atoms. The molecule has 3 rings (SSSR count). The fourth-order valence-electron chi connectivity index (χ4n) is 2.91. The van der Waals surface area contributed by atoms with Gasteiger partial charge in [0.2, 0.25) is 5.89 Å². The summed E-state index contributed by atoms with van der Waals surface area (Å²) >= 11 is 3.19. The van der Waals surface area contributed by atoms with Crippen molar-refractivity contribution in [1.29, 1.82) is 0 Å². The predicted octanol–water partition coefficient (Wildman–Crippen LogP) is 2.74. The maximum Gasteiger partial charge on any atom is 0.284 e. The monoisotopic (exact) mass is 242 g/mol. The zero-order valence-corrected chi connectivity index (χ0v) is 8.83. The molecule has 0 aliphatic heterocycles. The lowest BCUT2D eigenvalue weighted by molar-refractivity contribution is 0.340. The molecule has 1 aromatic rings. The molecule has 13 heavy (non-hydrogen) atoms. The quantitative estimate of drug-likeness (QED) is 0.761. The van der Waals surface area contributed by atoms with E-state index in [0.29, 0.717) is 10.7 Å². The van der Waals surface area contributed by atoms with E-state index >= 15 is 0 Å². The normalized spacial score (nSPS) is 37.2. The van der Waals surface area contributed by atoms with Crippen LogP contribution in [0.5, 0.6) is 0 Å². The third-order valence-corrected chi connectivity index (χ3v) is 3.79. The minimum absolute atomic E-state index is 0.519. The van der Waals surface area contributed by atoms with E-state index in [2.05, 4.69) is 26.1 Å². The third kappa shape index (κ3) is 1.23. The van der Waals surface area contributed by atoms with Gasteiger partial charge in [-0.1, -0.05) is 6.42 Å². The van der Waals surface area contributed by atoms with Gasteiger partial charge in [0.05, 0.1) is 0 Å². The maximum absolute atomic E-state index is 5.41. The topological polar surface area (TPSA) is 38.9 Å². The summed E-state index contributed by atoms with van der Waals surface area (Å²) in [5.74, 6) is 3.15. The first-order chi connectivity index (χ1) is 6.33. The molecule has 0 radical (unpaired) electrons. The van der Waals surface area contributed by atoms with E-state index in [-0.39, 0.29) is 0 Å². The standard InChI is InChI=1S/C9H11BrN2O/c10-9-12-11-8(13-9)7-4-5-1-2-6(7)3-5/h5-7H,1-4H2. The zero-order valence-electron chi connectivity index (χ0n) is 7.24. The average Bonchev–Trinajstić information content (AvgIpc) is 2.77. The van der Waals surface area contributed by atoms with Crippen molar-refractivity contribution < 1.29 is 4.42 Å². The molecule has 0 saturated heterocycles. The van der Waals surface area contributed by atoms with Gasteiger partial charge in [0.1, 0.15) is 0 Å². The smallest absolute Gasteiger partial charge is 0.284 e. The SMILES string of the molecule is Brc1nnc(C2CC3CCC2C3)o1. The molecular weight excluding hydrogens is 232 g/mol. The first-order valence-corrected chi connectivity index (χ1v) is 5.61. The van der Waals surface area contributed by atoms with E-state index in [0.717, 1.165) is 17.7 Å². The molecule has 70 valence electrons. The fraction of sp³-hybridized carbons (Fsp3) is 0.778. The van der Waals surface area contributed by atoms with Gasteiger partial charge in [-0.3, -0.25) is 0 Å². The minimum Gasteiger partial charge on any atom is -0.415 e. The molecule has 2 bridgehead atoms. The van der Waals surface area contributed by atoms with Crippen molar-refractivity contribution in [3.63, 3.8) is 0 Å². The lowest BCUT2D eigenvalue weighted by Gasteiger charge is -2.17. The molecule has 1 heterocycles. The van der Waals surface area contributed by atoms with Crippen LogP contribution >= 0.6 is 15.9 Å². The lowest BCUT2D eigenvalue weighted by Crippen LogP contribution is -2.08. The molecule has 4 heteroatoms. The Morgan fingerprint density at radius 3 is 2.69 bits per heavy atom. The van der Waals surface area contributed by atoms with E-state index in [1.165, 1.54) is 25.7 Å². The first kappa shape index (κ1) is 7.97. The molecule has 2 aliphatic rings. The fourth-order valence-corrected chi connectivity index (χ4v) is 3.16. The number of aromatic nitrogens is 2. The zero-order chi connectivity index (χ0) is 8.84. The summed E-state index contributed by atoms with van der Waals surface area (Å²) in [6, 6.07) is 0. The summed E-state index contributed by atoms with van der Waals surface area (Å²) in [5, 5.41) is 7.90. The average molecular weight is 243 g/mol. The summed E-state index contributed by atoms with van der Waals surface area (Å²) < 4.78 is 5.41. The van der Waals surface area contributed by atoms with Gasteiger partial charge in [-0.15, -0.1) is 10.2 Å². The van der Waals surface area contributed by atoms with Gasteiger partial charge in [0.25, 0.3) is 4.80 Å². The molecule has 2 aliphatic carbocycles. The Morgan fingerprint density at radius 1 is 1.23 bits per heavy atom. The lowest BCUT2D eigenvalue weighted by atomic mass is 9.89. The van der Waals surface area contributed by atoms with Crippen molar-refractivity contribution in [2.45, 2.75) is 31.6 Å². The minimum atomic E-state index is 0.519. The van der Waals surface area contributed by atoms with Crippen molar-refractivity contribution >= 4 is 15.9 Å². The highest BCUT2D eigenvalue weighted by Crippen LogP contribution is 2.52. The Labute approximate surface area is 85.0 Å². The number of hydrogen-bond acceptors (Lipinski definition) is 3. The van der Waals surface area contributed by atoms with Gasteiger partial charge in [0.15, 0.2) is 0 Å². The van der Waals surface area contributed by atoms with E-state index in [1.807, 2.05) is 0 Å². The number of rotatable bonds is 1. The molecule has 2 fully saturated rings. The van der Waals surface area contributed by atoms with Crippen LogP contribution < -0.4 is 0 Å². The predicted molar refractivity (Wildman–Crippen MR) is 50.2 cm³/mol. The molecule has 2 saturated carbocycles. The Bertz CT molecular complexity index is 325. The molecule has 3 nitrogen and oxygen atoms in total. The van der Waals surface area contributed by atoms with Crippen LogP contribution in [0.1, 0.15) is 37.5 Å². The van der Waals surface area contributed by atoms with Gasteiger partial charge in [-0.2, -0.15) is 0 Å². The molecule has 3 atom stereocenters. The molecule has 1 aromatic heterocycles. The summed E-state index contributed by atoms with van der Waals surface area (Å²) in [7, 11) is 0. The van der Waals surface area contributed by atoms with Crippen LogP contribution in [-0.4, -0.2) is 10.2 Å². The summed E-state index contributed by atoms with van der Waals surface area (Å²) in [5.41, 5.74) is 0. The van der Waals surface area contributed by atoms with E-state index in [4.69, 9.17) is 4.42 Å². The number of fused-ring (bicyclic) bond motifs is 2. The maximum atomic E-state index is 5.41. The second-order valence-electron chi connectivity index (χ2n) is 4.17. The van der Waals surface area contributed by atoms with E-state index in [1.54, 1.807) is 0 Å². The number of halogens is 1. The molecular formula is C9H11BrN2O. The van der Waals surface area contributed by atoms with E-state index in [9.17, 15) is 0 Å². The highest BCUT2D eigenvalue weighted by atomic mass is 79.9. The van der Waals surface area contributed by atoms with Crippen LogP contribution in [0.3, 0.4) is 0 Å². The van der Waals surface area contributed by atoms with Gasteiger partial charge < -0.3 is 4.42 Å². The van der Waals surface area contributed by atoms with Crippen LogP contribution in [-0.2, 0) is 0 Å². The Morgan fingerprint density at radius 2 is 2.15 bits per heavy atom. The first-order valence-electron chi connectivity index (χ1n) is 4.82. The highest BCUT2D eigenvalue weighted by Gasteiger charge is 2.42. The van der Waals surface area contributed by atoms with Crippen molar-refractivity contribution in [3.05, 3.63) is 10.7 Å². The summed E-state index contributed by atoms with van der Waals surface area (Å²) in [6.07, 6.45) is 5.41. The molecule has 0 amide bonds. The van der Waals surface area contributed by atoms with Gasteiger partial charge in [-0.05, 0) is 31.1 Å². The summed E-state index contributed by atoms with van der Waals surface area (Å²) in [6.45, 7) is 0. The number of hydrogen-bond donors (Lipinski definition) is 0. The van der Waals surface area contributed by atoms with Gasteiger partial charge in [-0.25, -0.2) is 0 Å². The van der Waals surface area contributed by atoms with Crippen molar-refractivity contribution in [3.8, 4) is 0 Å². The second-order valence-corrected chi connectivity index (χ2v) is 4.85. The van der Waals surface area contributed by atoms with Gasteiger partial charge in [0, 0.05) is 21.8 Å².